The molecular formula is C23H26FN5. The van der Waals surface area contributed by atoms with Crippen molar-refractivity contribution in [2.75, 3.05) is 24.6 Å². The molecule has 0 saturated heterocycles. The predicted molar refractivity (Wildman–Crippen MR) is 118 cm³/mol. The zero-order valence-electron chi connectivity index (χ0n) is 17.0. The van der Waals surface area contributed by atoms with Crippen molar-refractivity contribution in [2.45, 2.75) is 19.3 Å². The molecule has 0 bridgehead atoms. The smallest absolute Gasteiger partial charge is 0.148 e. The fourth-order valence-electron chi connectivity index (χ4n) is 3.01. The van der Waals surface area contributed by atoms with Crippen molar-refractivity contribution in [1.82, 2.24) is 15.5 Å². The highest BCUT2D eigenvalue weighted by atomic mass is 19.1. The molecule has 150 valence electrons. The van der Waals surface area contributed by atoms with Crippen LogP contribution in [0.15, 0.2) is 61.2 Å². The number of rotatable bonds is 7. The van der Waals surface area contributed by atoms with Gasteiger partial charge in [-0.15, -0.1) is 10.2 Å². The fraction of sp³-hybridized carbons (Fsp3) is 0.217. The first-order chi connectivity index (χ1) is 13.8. The third-order valence-corrected chi connectivity index (χ3v) is 4.98. The third kappa shape index (κ3) is 4.71. The van der Waals surface area contributed by atoms with E-state index in [9.17, 15) is 4.39 Å². The normalized spacial score (nSPS) is 11.2. The molecule has 0 unspecified atom stereocenters. The molecule has 5 nitrogen and oxygen atoms in total. The summed E-state index contributed by atoms with van der Waals surface area (Å²) in [5.41, 5.74) is 10.8. The highest BCUT2D eigenvalue weighted by molar-refractivity contribution is 5.77. The summed E-state index contributed by atoms with van der Waals surface area (Å²) in [6.45, 7) is 8.81. The van der Waals surface area contributed by atoms with Crippen LogP contribution in [-0.2, 0) is 5.41 Å². The van der Waals surface area contributed by atoms with E-state index in [-0.39, 0.29) is 11.2 Å². The Bertz CT molecular complexity index is 995. The molecule has 29 heavy (non-hydrogen) atoms. The molecule has 3 aromatic rings. The Kier molecular flexibility index (Phi) is 5.82. The van der Waals surface area contributed by atoms with Crippen LogP contribution in [-0.4, -0.2) is 23.8 Å². The van der Waals surface area contributed by atoms with E-state index in [1.807, 2.05) is 49.5 Å². The molecule has 0 radical (unpaired) electrons. The summed E-state index contributed by atoms with van der Waals surface area (Å²) in [6, 6.07) is 16.1. The topological polar surface area (TPSA) is 75.9 Å². The van der Waals surface area contributed by atoms with Crippen molar-refractivity contribution in [1.29, 1.82) is 0 Å². The molecule has 0 saturated carbocycles. The van der Waals surface area contributed by atoms with Crippen LogP contribution in [0.3, 0.4) is 0 Å². The Labute approximate surface area is 170 Å². The maximum atomic E-state index is 13.2. The second-order valence-corrected chi connectivity index (χ2v) is 7.58. The minimum Gasteiger partial charge on any atom is -0.398 e. The van der Waals surface area contributed by atoms with Gasteiger partial charge in [0, 0.05) is 41.5 Å². The van der Waals surface area contributed by atoms with Gasteiger partial charge in [0.2, 0.25) is 0 Å². The number of halogens is 1. The van der Waals surface area contributed by atoms with E-state index in [0.29, 0.717) is 18.1 Å². The van der Waals surface area contributed by atoms with Crippen molar-refractivity contribution in [3.8, 4) is 11.3 Å². The Morgan fingerprint density at radius 1 is 1.07 bits per heavy atom. The van der Waals surface area contributed by atoms with E-state index in [1.54, 1.807) is 0 Å². The Morgan fingerprint density at radius 2 is 1.79 bits per heavy atom. The molecule has 0 atom stereocenters. The van der Waals surface area contributed by atoms with Crippen LogP contribution >= 0.6 is 0 Å². The van der Waals surface area contributed by atoms with Crippen molar-refractivity contribution < 1.29 is 4.39 Å². The quantitative estimate of drug-likeness (QED) is 0.519. The van der Waals surface area contributed by atoms with E-state index in [2.05, 4.69) is 41.3 Å². The second kappa shape index (κ2) is 8.31. The van der Waals surface area contributed by atoms with Crippen LogP contribution in [0, 0.1) is 5.82 Å². The fourth-order valence-corrected chi connectivity index (χ4v) is 3.01. The van der Waals surface area contributed by atoms with Gasteiger partial charge in [-0.25, -0.2) is 4.39 Å². The van der Waals surface area contributed by atoms with E-state index in [4.69, 9.17) is 5.73 Å². The summed E-state index contributed by atoms with van der Waals surface area (Å²) < 4.78 is 13.2. The first-order valence-electron chi connectivity index (χ1n) is 9.41. The lowest BCUT2D eigenvalue weighted by atomic mass is 9.84. The van der Waals surface area contributed by atoms with Crippen LogP contribution in [0.4, 0.5) is 15.9 Å². The number of nitrogens with one attached hydrogen (secondary N) is 2. The monoisotopic (exact) mass is 391 g/mol. The van der Waals surface area contributed by atoms with Crippen molar-refractivity contribution in [2.24, 2.45) is 0 Å². The van der Waals surface area contributed by atoms with Gasteiger partial charge in [0.25, 0.3) is 0 Å². The molecule has 0 aliphatic rings. The Balaban J connectivity index is 1.72. The maximum absolute atomic E-state index is 13.2. The molecule has 6 heteroatoms. The predicted octanol–water partition coefficient (Wildman–Crippen LogP) is 4.44. The summed E-state index contributed by atoms with van der Waals surface area (Å²) in [5.74, 6) is 0.447. The van der Waals surface area contributed by atoms with Gasteiger partial charge in [-0.3, -0.25) is 0 Å². The molecule has 1 aromatic heterocycles. The standard InChI is InChI=1S/C23H26FN5/c1-15(26-4)19-13-16(5-10-20(19)25)21-11-12-22(29-28-21)27-14-23(2,3)17-6-8-18(24)9-7-17/h5-13,26H,1,14,25H2,2-4H3,(H,27,29). The summed E-state index contributed by atoms with van der Waals surface area (Å²) in [6.07, 6.45) is 0. The summed E-state index contributed by atoms with van der Waals surface area (Å²) in [4.78, 5) is 0. The number of nitrogens with two attached hydrogens (primary N) is 1. The van der Waals surface area contributed by atoms with Gasteiger partial charge in [-0.05, 0) is 42.0 Å². The number of nitrogen functional groups attached to an aromatic ring is 1. The average molecular weight is 391 g/mol. The average Bonchev–Trinajstić information content (AvgIpc) is 2.73. The van der Waals surface area contributed by atoms with Gasteiger partial charge < -0.3 is 16.4 Å². The zero-order chi connectivity index (χ0) is 21.0. The highest BCUT2D eigenvalue weighted by Gasteiger charge is 2.20. The molecule has 0 aliphatic carbocycles. The summed E-state index contributed by atoms with van der Waals surface area (Å²) in [5, 5.41) is 15.0. The number of anilines is 2. The summed E-state index contributed by atoms with van der Waals surface area (Å²) in [7, 11) is 1.81. The van der Waals surface area contributed by atoms with Crippen molar-refractivity contribution >= 4 is 17.2 Å². The van der Waals surface area contributed by atoms with Gasteiger partial charge in [-0.2, -0.15) is 0 Å². The van der Waals surface area contributed by atoms with Crippen LogP contribution in [0.1, 0.15) is 25.0 Å². The van der Waals surface area contributed by atoms with Gasteiger partial charge in [0.15, 0.2) is 0 Å². The lowest BCUT2D eigenvalue weighted by Crippen LogP contribution is -2.28. The molecule has 0 spiro atoms. The van der Waals surface area contributed by atoms with Crippen LogP contribution in [0.25, 0.3) is 17.0 Å². The van der Waals surface area contributed by atoms with E-state index in [0.717, 1.165) is 28.1 Å². The molecule has 0 aliphatic heterocycles. The number of hydrogen-bond donors (Lipinski definition) is 3. The molecule has 2 aromatic carbocycles. The third-order valence-electron chi connectivity index (χ3n) is 4.98. The zero-order valence-corrected chi connectivity index (χ0v) is 17.0. The van der Waals surface area contributed by atoms with Gasteiger partial charge in [0.05, 0.1) is 5.69 Å². The van der Waals surface area contributed by atoms with E-state index in [1.165, 1.54) is 12.1 Å². The van der Waals surface area contributed by atoms with Crippen LogP contribution in [0.5, 0.6) is 0 Å². The molecular weight excluding hydrogens is 365 g/mol. The maximum Gasteiger partial charge on any atom is 0.148 e. The van der Waals surface area contributed by atoms with Crippen molar-refractivity contribution in [3.63, 3.8) is 0 Å². The first kappa shape index (κ1) is 20.3. The Morgan fingerprint density at radius 3 is 2.41 bits per heavy atom. The van der Waals surface area contributed by atoms with E-state index >= 15 is 0 Å². The number of nitrogens with zero attached hydrogens (tertiary/aromatic N) is 2. The number of benzene rings is 2. The number of aromatic nitrogens is 2. The molecule has 3 rings (SSSR count). The highest BCUT2D eigenvalue weighted by Crippen LogP contribution is 2.27. The van der Waals surface area contributed by atoms with Gasteiger partial charge in [-0.1, -0.05) is 38.6 Å². The second-order valence-electron chi connectivity index (χ2n) is 7.58. The van der Waals surface area contributed by atoms with E-state index < -0.39 is 0 Å². The minimum atomic E-state index is -0.233. The lowest BCUT2D eigenvalue weighted by molar-refractivity contribution is 0.552. The SMILES string of the molecule is C=C(NC)c1cc(-c2ccc(NCC(C)(C)c3ccc(F)cc3)nn2)ccc1N. The lowest BCUT2D eigenvalue weighted by Gasteiger charge is -2.25. The minimum absolute atomic E-state index is 0.187. The van der Waals surface area contributed by atoms with Crippen LogP contribution < -0.4 is 16.4 Å². The largest absolute Gasteiger partial charge is 0.398 e. The van der Waals surface area contributed by atoms with Crippen LogP contribution in [0.2, 0.25) is 0 Å². The Hall–Kier alpha value is -3.41. The summed E-state index contributed by atoms with van der Waals surface area (Å²) >= 11 is 0. The molecule has 1 heterocycles. The van der Waals surface area contributed by atoms with Gasteiger partial charge in [0.1, 0.15) is 11.6 Å². The molecule has 0 amide bonds. The van der Waals surface area contributed by atoms with Gasteiger partial charge >= 0.3 is 0 Å². The molecule has 4 N–H and O–H groups in total. The number of hydrogen-bond acceptors (Lipinski definition) is 5. The van der Waals surface area contributed by atoms with Crippen molar-refractivity contribution in [3.05, 3.63) is 78.1 Å². The first-order valence-corrected chi connectivity index (χ1v) is 9.41. The molecule has 0 fully saturated rings.